The summed E-state index contributed by atoms with van der Waals surface area (Å²) in [6, 6.07) is 7.24. The van der Waals surface area contributed by atoms with Crippen molar-refractivity contribution in [3.8, 4) is 5.75 Å². The minimum Gasteiger partial charge on any atom is -0.497 e. The molecule has 4 fully saturated rings. The van der Waals surface area contributed by atoms with Crippen LogP contribution < -0.4 is 4.74 Å². The average molecular weight is 639 g/mol. The summed E-state index contributed by atoms with van der Waals surface area (Å²) in [5.74, 6) is -0.799. The monoisotopic (exact) mass is 638 g/mol. The number of epoxide rings is 1. The Bertz CT molecular complexity index is 1380. The van der Waals surface area contributed by atoms with Gasteiger partial charge in [0.15, 0.2) is 6.10 Å². The topological polar surface area (TPSA) is 127 Å². The molecule has 2 saturated carbocycles. The quantitative estimate of drug-likeness (QED) is 0.135. The van der Waals surface area contributed by atoms with Crippen molar-refractivity contribution in [3.05, 3.63) is 47.6 Å². The van der Waals surface area contributed by atoms with Gasteiger partial charge in [-0.1, -0.05) is 45.9 Å². The summed E-state index contributed by atoms with van der Waals surface area (Å²) in [6.07, 6.45) is 7.78. The van der Waals surface area contributed by atoms with Crippen molar-refractivity contribution >= 4 is 30.0 Å². The third-order valence-electron chi connectivity index (χ3n) is 10.8. The molecule has 1 aromatic rings. The van der Waals surface area contributed by atoms with Crippen LogP contribution in [-0.4, -0.2) is 68.6 Å². The normalized spacial score (nSPS) is 34.2. The number of carbonyl (C=O) groups excluding carboxylic acids is 4. The lowest BCUT2D eigenvalue weighted by Gasteiger charge is -2.61. The number of hydrogen-bond acceptors (Lipinski definition) is 10. The molecule has 4 unspecified atom stereocenters. The van der Waals surface area contributed by atoms with Crippen LogP contribution in [0, 0.1) is 22.7 Å². The van der Waals surface area contributed by atoms with E-state index in [9.17, 15) is 19.2 Å². The lowest BCUT2D eigenvalue weighted by atomic mass is 9.45. The summed E-state index contributed by atoms with van der Waals surface area (Å²) in [5.41, 5.74) is -0.0306. The Morgan fingerprint density at radius 2 is 1.72 bits per heavy atom. The molecular weight excluding hydrogens is 592 g/mol. The van der Waals surface area contributed by atoms with Crippen molar-refractivity contribution in [2.45, 2.75) is 90.4 Å². The maximum atomic E-state index is 12.8. The first kappa shape index (κ1) is 33.7. The van der Waals surface area contributed by atoms with E-state index in [4.69, 9.17) is 28.4 Å². The molecule has 7 atom stereocenters. The zero-order valence-electron chi connectivity index (χ0n) is 27.5. The van der Waals surface area contributed by atoms with E-state index in [0.717, 1.165) is 24.8 Å². The van der Waals surface area contributed by atoms with Crippen LogP contribution in [0.2, 0.25) is 0 Å². The van der Waals surface area contributed by atoms with Gasteiger partial charge in [0, 0.05) is 24.3 Å². The molecule has 5 rings (SSSR count). The van der Waals surface area contributed by atoms with Gasteiger partial charge in [0.2, 0.25) is 0 Å². The average Bonchev–Trinajstić information content (AvgIpc) is 3.74. The van der Waals surface area contributed by atoms with E-state index >= 15 is 0 Å². The summed E-state index contributed by atoms with van der Waals surface area (Å²) in [5, 5.41) is 0. The molecule has 0 radical (unpaired) electrons. The van der Waals surface area contributed by atoms with E-state index in [2.05, 4.69) is 13.8 Å². The molecular formula is C36H46O10. The van der Waals surface area contributed by atoms with E-state index in [-0.39, 0.29) is 66.9 Å². The summed E-state index contributed by atoms with van der Waals surface area (Å²) < 4.78 is 34.0. The zero-order valence-corrected chi connectivity index (χ0v) is 27.5. The van der Waals surface area contributed by atoms with Gasteiger partial charge in [-0.2, -0.15) is 0 Å². The molecule has 1 aromatic carbocycles. The minimum absolute atomic E-state index is 0.0370. The number of methoxy groups -OCH3 is 1. The Balaban J connectivity index is 1.35. The zero-order chi connectivity index (χ0) is 33.1. The number of hydrogen-bond donors (Lipinski definition) is 0. The highest BCUT2D eigenvalue weighted by Crippen LogP contribution is 2.66. The summed E-state index contributed by atoms with van der Waals surface area (Å²) in [4.78, 5) is 50.3. The highest BCUT2D eigenvalue weighted by atomic mass is 16.6. The van der Waals surface area contributed by atoms with Crippen LogP contribution >= 0.6 is 0 Å². The van der Waals surface area contributed by atoms with Gasteiger partial charge in [0.25, 0.3) is 0 Å². The van der Waals surface area contributed by atoms with Gasteiger partial charge in [-0.15, -0.1) is 0 Å². The van der Waals surface area contributed by atoms with Crippen molar-refractivity contribution in [2.75, 3.05) is 26.9 Å². The van der Waals surface area contributed by atoms with Crippen molar-refractivity contribution < 1.29 is 47.6 Å². The first-order valence-corrected chi connectivity index (χ1v) is 16.4. The number of carbonyl (C=O) groups is 4. The SMILES string of the molecule is CCC(=O)OC[C@]1(C)C(OC(=O)CC)CC[C@]2(C)C(C/C=C3/C(=O)OCC3OC(=O)/C=C/c3ccc(OC)cc3)[C@]3(CCC12)CO3. The number of benzene rings is 1. The van der Waals surface area contributed by atoms with Crippen LogP contribution in [0.25, 0.3) is 6.08 Å². The first-order chi connectivity index (χ1) is 22.0. The number of fused-ring (bicyclic) bond motifs is 1. The Hall–Kier alpha value is -3.66. The third kappa shape index (κ3) is 6.73. The van der Waals surface area contributed by atoms with Crippen molar-refractivity contribution in [1.82, 2.24) is 0 Å². The van der Waals surface area contributed by atoms with Gasteiger partial charge in [-0.25, -0.2) is 9.59 Å². The number of rotatable bonds is 11. The van der Waals surface area contributed by atoms with Crippen LogP contribution in [-0.2, 0) is 42.9 Å². The molecule has 250 valence electrons. The largest absolute Gasteiger partial charge is 0.497 e. The molecule has 10 heteroatoms. The predicted octanol–water partition coefficient (Wildman–Crippen LogP) is 5.37. The van der Waals surface area contributed by atoms with Crippen LogP contribution in [0.1, 0.15) is 78.2 Å². The molecule has 2 saturated heterocycles. The fraction of sp³-hybridized carbons (Fsp3) is 0.611. The second kappa shape index (κ2) is 13.6. The fourth-order valence-corrected chi connectivity index (χ4v) is 8.13. The van der Waals surface area contributed by atoms with Crippen LogP contribution in [0.5, 0.6) is 5.75 Å². The highest BCUT2D eigenvalue weighted by molar-refractivity contribution is 5.93. The second-order valence-electron chi connectivity index (χ2n) is 13.4. The highest BCUT2D eigenvalue weighted by Gasteiger charge is 2.67. The summed E-state index contributed by atoms with van der Waals surface area (Å²) >= 11 is 0. The predicted molar refractivity (Wildman–Crippen MR) is 167 cm³/mol. The minimum atomic E-state index is -0.813. The number of esters is 4. The molecule has 10 nitrogen and oxygen atoms in total. The van der Waals surface area contributed by atoms with E-state index in [1.54, 1.807) is 39.2 Å². The smallest absolute Gasteiger partial charge is 0.337 e. The maximum Gasteiger partial charge on any atom is 0.337 e. The van der Waals surface area contributed by atoms with Crippen molar-refractivity contribution in [1.29, 1.82) is 0 Å². The molecule has 4 aliphatic rings. The van der Waals surface area contributed by atoms with E-state index in [0.29, 0.717) is 30.8 Å². The molecule has 1 spiro atoms. The van der Waals surface area contributed by atoms with Gasteiger partial charge in [0.05, 0.1) is 24.9 Å². The lowest BCUT2D eigenvalue weighted by molar-refractivity contribution is -0.203. The summed E-state index contributed by atoms with van der Waals surface area (Å²) in [7, 11) is 1.59. The second-order valence-corrected chi connectivity index (χ2v) is 13.4. The Labute approximate surface area is 270 Å². The molecule has 2 aliphatic heterocycles. The standard InChI is InChI=1S/C36H46O10/c1-6-30(37)43-21-35(4)27-16-19-36(22-44-36)28(34(27,3)18-17-29(35)46-31(38)7-2)14-13-25-26(20-42-33(25)40)45-32(39)15-10-23-8-11-24(41-5)12-9-23/h8-13,15,26-29H,6-7,14,16-22H2,1-5H3/b15-10+,25-13+/t26?,27?,28?,29?,34-,35-,36-/m0/s1. The fourth-order valence-electron chi connectivity index (χ4n) is 8.13. The maximum absolute atomic E-state index is 12.8. The Morgan fingerprint density at radius 3 is 2.37 bits per heavy atom. The Morgan fingerprint density at radius 1 is 1.00 bits per heavy atom. The lowest BCUT2D eigenvalue weighted by Crippen LogP contribution is -2.61. The summed E-state index contributed by atoms with van der Waals surface area (Å²) in [6.45, 7) is 8.64. The van der Waals surface area contributed by atoms with Gasteiger partial charge >= 0.3 is 23.9 Å². The first-order valence-electron chi connectivity index (χ1n) is 16.4. The number of ether oxygens (including phenoxy) is 6. The van der Waals surface area contributed by atoms with E-state index in [1.807, 2.05) is 18.2 Å². The number of allylic oxidation sites excluding steroid dienone is 1. The van der Waals surface area contributed by atoms with Gasteiger partial charge < -0.3 is 28.4 Å². The Kier molecular flexibility index (Phi) is 9.96. The van der Waals surface area contributed by atoms with Gasteiger partial charge in [-0.05, 0) is 73.1 Å². The van der Waals surface area contributed by atoms with Crippen LogP contribution in [0.3, 0.4) is 0 Å². The third-order valence-corrected chi connectivity index (χ3v) is 10.8. The molecule has 46 heavy (non-hydrogen) atoms. The molecule has 2 aliphatic carbocycles. The van der Waals surface area contributed by atoms with Crippen LogP contribution in [0.15, 0.2) is 42.0 Å². The van der Waals surface area contributed by atoms with Crippen LogP contribution in [0.4, 0.5) is 0 Å². The van der Waals surface area contributed by atoms with E-state index < -0.39 is 23.5 Å². The molecule has 0 N–H and O–H groups in total. The van der Waals surface area contributed by atoms with Crippen molar-refractivity contribution in [2.24, 2.45) is 22.7 Å². The van der Waals surface area contributed by atoms with Gasteiger partial charge in [-0.3, -0.25) is 9.59 Å². The molecule has 0 bridgehead atoms. The number of cyclic esters (lactones) is 1. The van der Waals surface area contributed by atoms with E-state index in [1.165, 1.54) is 6.08 Å². The molecule has 2 heterocycles. The van der Waals surface area contributed by atoms with Gasteiger partial charge in [0.1, 0.15) is 25.1 Å². The molecule has 0 aromatic heterocycles. The van der Waals surface area contributed by atoms with Crippen molar-refractivity contribution in [3.63, 3.8) is 0 Å². The molecule has 0 amide bonds.